The molecular formula is C16H32N2. The summed E-state index contributed by atoms with van der Waals surface area (Å²) in [6.45, 7) is 8.24. The molecule has 1 saturated heterocycles. The second-order valence-electron chi connectivity index (χ2n) is 7.04. The molecule has 1 heterocycles. The molecular weight excluding hydrogens is 220 g/mol. The average Bonchev–Trinajstić information content (AvgIpc) is 2.68. The molecule has 1 unspecified atom stereocenters. The number of nitrogens with two attached hydrogens (primary N) is 1. The predicted octanol–water partition coefficient (Wildman–Crippen LogP) is 3.41. The Morgan fingerprint density at radius 2 is 1.78 bits per heavy atom. The van der Waals surface area contributed by atoms with E-state index in [-0.39, 0.29) is 0 Å². The number of nitrogens with zero attached hydrogens (tertiary/aromatic N) is 1. The van der Waals surface area contributed by atoms with Crippen LogP contribution in [0.5, 0.6) is 0 Å². The van der Waals surface area contributed by atoms with Crippen molar-refractivity contribution in [3.05, 3.63) is 0 Å². The standard InChI is InChI=1S/C16H32N2/c1-14(2)15-8-7-11-18(15)13-16(12-17)9-5-3-4-6-10-16/h14-15H,3-13,17H2,1-2H3. The fraction of sp³-hybridized carbons (Fsp3) is 1.00. The fourth-order valence-electron chi connectivity index (χ4n) is 4.14. The van der Waals surface area contributed by atoms with Crippen molar-refractivity contribution in [3.63, 3.8) is 0 Å². The van der Waals surface area contributed by atoms with Gasteiger partial charge in [-0.15, -0.1) is 0 Å². The summed E-state index contributed by atoms with van der Waals surface area (Å²) >= 11 is 0. The maximum absolute atomic E-state index is 6.18. The fourth-order valence-corrected chi connectivity index (χ4v) is 4.14. The van der Waals surface area contributed by atoms with Gasteiger partial charge in [0.05, 0.1) is 0 Å². The Morgan fingerprint density at radius 3 is 2.33 bits per heavy atom. The molecule has 106 valence electrons. The lowest BCUT2D eigenvalue weighted by molar-refractivity contribution is 0.108. The molecule has 2 fully saturated rings. The van der Waals surface area contributed by atoms with Crippen LogP contribution in [-0.4, -0.2) is 30.6 Å². The largest absolute Gasteiger partial charge is 0.330 e. The molecule has 2 nitrogen and oxygen atoms in total. The van der Waals surface area contributed by atoms with Gasteiger partial charge in [-0.05, 0) is 50.1 Å². The smallest absolute Gasteiger partial charge is 0.0119 e. The molecule has 2 heteroatoms. The van der Waals surface area contributed by atoms with Crippen molar-refractivity contribution in [3.8, 4) is 0 Å². The van der Waals surface area contributed by atoms with Crippen molar-refractivity contribution >= 4 is 0 Å². The van der Waals surface area contributed by atoms with Gasteiger partial charge in [-0.2, -0.15) is 0 Å². The van der Waals surface area contributed by atoms with E-state index in [1.807, 2.05) is 0 Å². The topological polar surface area (TPSA) is 29.3 Å². The average molecular weight is 252 g/mol. The summed E-state index contributed by atoms with van der Waals surface area (Å²) in [6, 6.07) is 0.816. The van der Waals surface area contributed by atoms with Crippen molar-refractivity contribution in [1.29, 1.82) is 0 Å². The summed E-state index contributed by atoms with van der Waals surface area (Å²) in [5, 5.41) is 0. The second-order valence-corrected chi connectivity index (χ2v) is 7.04. The highest BCUT2D eigenvalue weighted by Gasteiger charge is 2.36. The van der Waals surface area contributed by atoms with Crippen LogP contribution in [0.4, 0.5) is 0 Å². The zero-order chi connectivity index (χ0) is 13.0. The van der Waals surface area contributed by atoms with E-state index < -0.39 is 0 Å². The summed E-state index contributed by atoms with van der Waals surface area (Å²) < 4.78 is 0. The van der Waals surface area contributed by atoms with Crippen LogP contribution in [0.25, 0.3) is 0 Å². The number of rotatable bonds is 4. The third-order valence-corrected chi connectivity index (χ3v) is 5.32. The normalized spacial score (nSPS) is 29.7. The maximum atomic E-state index is 6.18. The molecule has 0 spiro atoms. The summed E-state index contributed by atoms with van der Waals surface area (Å²) in [7, 11) is 0. The number of hydrogen-bond donors (Lipinski definition) is 1. The van der Waals surface area contributed by atoms with Gasteiger partial charge in [-0.25, -0.2) is 0 Å². The van der Waals surface area contributed by atoms with Crippen LogP contribution < -0.4 is 5.73 Å². The predicted molar refractivity (Wildman–Crippen MR) is 78.6 cm³/mol. The van der Waals surface area contributed by atoms with E-state index in [1.165, 1.54) is 64.5 Å². The Kier molecular flexibility index (Phi) is 5.08. The van der Waals surface area contributed by atoms with Gasteiger partial charge in [0, 0.05) is 12.6 Å². The lowest BCUT2D eigenvalue weighted by atomic mass is 9.79. The molecule has 1 aliphatic heterocycles. The molecule has 0 amide bonds. The highest BCUT2D eigenvalue weighted by Crippen LogP contribution is 2.37. The highest BCUT2D eigenvalue weighted by atomic mass is 15.2. The molecule has 2 aliphatic rings. The van der Waals surface area contributed by atoms with Gasteiger partial charge in [-0.3, -0.25) is 4.90 Å². The molecule has 0 aromatic heterocycles. The van der Waals surface area contributed by atoms with Crippen LogP contribution in [0, 0.1) is 11.3 Å². The van der Waals surface area contributed by atoms with E-state index in [4.69, 9.17) is 5.73 Å². The Balaban J connectivity index is 2.00. The number of likely N-dealkylation sites (tertiary alicyclic amines) is 1. The van der Waals surface area contributed by atoms with Crippen molar-refractivity contribution in [2.24, 2.45) is 17.1 Å². The minimum Gasteiger partial charge on any atom is -0.330 e. The first-order chi connectivity index (χ1) is 8.67. The SMILES string of the molecule is CC(C)C1CCCN1CC1(CN)CCCCCC1. The monoisotopic (exact) mass is 252 g/mol. The molecule has 1 aliphatic carbocycles. The first-order valence-electron chi connectivity index (χ1n) is 8.11. The third kappa shape index (κ3) is 3.27. The van der Waals surface area contributed by atoms with E-state index in [0.717, 1.165) is 18.5 Å². The van der Waals surface area contributed by atoms with Gasteiger partial charge in [0.15, 0.2) is 0 Å². The van der Waals surface area contributed by atoms with Gasteiger partial charge in [-0.1, -0.05) is 39.5 Å². The Bertz CT molecular complexity index is 241. The van der Waals surface area contributed by atoms with Gasteiger partial charge in [0.2, 0.25) is 0 Å². The van der Waals surface area contributed by atoms with Gasteiger partial charge in [0.25, 0.3) is 0 Å². The quantitative estimate of drug-likeness (QED) is 0.777. The van der Waals surface area contributed by atoms with Crippen LogP contribution >= 0.6 is 0 Å². The van der Waals surface area contributed by atoms with Crippen LogP contribution in [0.2, 0.25) is 0 Å². The van der Waals surface area contributed by atoms with Crippen LogP contribution in [-0.2, 0) is 0 Å². The zero-order valence-corrected chi connectivity index (χ0v) is 12.5. The Labute approximate surface area is 113 Å². The third-order valence-electron chi connectivity index (χ3n) is 5.32. The summed E-state index contributed by atoms with van der Waals surface area (Å²) in [5.74, 6) is 0.799. The molecule has 1 saturated carbocycles. The Morgan fingerprint density at radius 1 is 1.11 bits per heavy atom. The Hall–Kier alpha value is -0.0800. The van der Waals surface area contributed by atoms with Gasteiger partial charge < -0.3 is 5.73 Å². The minimum absolute atomic E-state index is 0.438. The summed E-state index contributed by atoms with van der Waals surface area (Å²) in [5.41, 5.74) is 6.62. The highest BCUT2D eigenvalue weighted by molar-refractivity contribution is 4.90. The van der Waals surface area contributed by atoms with Crippen molar-refractivity contribution in [1.82, 2.24) is 4.90 Å². The molecule has 0 aromatic rings. The van der Waals surface area contributed by atoms with Gasteiger partial charge in [0.1, 0.15) is 0 Å². The van der Waals surface area contributed by atoms with Crippen molar-refractivity contribution < 1.29 is 0 Å². The first kappa shape index (κ1) is 14.3. The molecule has 18 heavy (non-hydrogen) atoms. The maximum Gasteiger partial charge on any atom is 0.0119 e. The van der Waals surface area contributed by atoms with E-state index in [0.29, 0.717) is 5.41 Å². The zero-order valence-electron chi connectivity index (χ0n) is 12.5. The lowest BCUT2D eigenvalue weighted by Gasteiger charge is -2.39. The first-order valence-corrected chi connectivity index (χ1v) is 8.11. The van der Waals surface area contributed by atoms with Crippen LogP contribution in [0.1, 0.15) is 65.2 Å². The molecule has 0 bridgehead atoms. The lowest BCUT2D eigenvalue weighted by Crippen LogP contribution is -2.45. The second kappa shape index (κ2) is 6.38. The molecule has 0 aromatic carbocycles. The summed E-state index contributed by atoms with van der Waals surface area (Å²) in [4.78, 5) is 2.77. The van der Waals surface area contributed by atoms with Crippen LogP contribution in [0.3, 0.4) is 0 Å². The van der Waals surface area contributed by atoms with E-state index >= 15 is 0 Å². The minimum atomic E-state index is 0.438. The van der Waals surface area contributed by atoms with Crippen molar-refractivity contribution in [2.75, 3.05) is 19.6 Å². The van der Waals surface area contributed by atoms with E-state index in [1.54, 1.807) is 0 Å². The van der Waals surface area contributed by atoms with E-state index in [9.17, 15) is 0 Å². The molecule has 2 N–H and O–H groups in total. The van der Waals surface area contributed by atoms with Gasteiger partial charge >= 0.3 is 0 Å². The number of hydrogen-bond acceptors (Lipinski definition) is 2. The van der Waals surface area contributed by atoms with E-state index in [2.05, 4.69) is 18.7 Å². The summed E-state index contributed by atoms with van der Waals surface area (Å²) in [6.07, 6.45) is 11.2. The van der Waals surface area contributed by atoms with Crippen LogP contribution in [0.15, 0.2) is 0 Å². The molecule has 0 radical (unpaired) electrons. The molecule has 1 atom stereocenters. The van der Waals surface area contributed by atoms with Crippen molar-refractivity contribution in [2.45, 2.75) is 71.3 Å². The molecule has 2 rings (SSSR count).